The Hall–Kier alpha value is -2.34. The number of nitriles is 2. The highest BCUT2D eigenvalue weighted by atomic mass is 16.5. The zero-order valence-electron chi connectivity index (χ0n) is 10.4. The maximum absolute atomic E-state index is 8.87. The van der Waals surface area contributed by atoms with Gasteiger partial charge in [-0.05, 0) is 12.8 Å². The molecule has 0 radical (unpaired) electrons. The van der Waals surface area contributed by atoms with Crippen molar-refractivity contribution >= 4 is 0 Å². The summed E-state index contributed by atoms with van der Waals surface area (Å²) in [5.41, 5.74) is -0.0973. The van der Waals surface area contributed by atoms with E-state index in [4.69, 9.17) is 20.0 Å². The fourth-order valence-electron chi connectivity index (χ4n) is 1.15. The Bertz CT molecular complexity index is 443. The van der Waals surface area contributed by atoms with E-state index < -0.39 is 0 Å². The molecule has 94 valence electrons. The van der Waals surface area contributed by atoms with E-state index in [0.717, 1.165) is 12.8 Å². The molecule has 0 spiro atoms. The van der Waals surface area contributed by atoms with Crippen molar-refractivity contribution in [3.8, 4) is 23.9 Å². The zero-order chi connectivity index (χ0) is 13.4. The van der Waals surface area contributed by atoms with E-state index in [9.17, 15) is 0 Å². The molecule has 6 nitrogen and oxygen atoms in total. The van der Waals surface area contributed by atoms with Crippen LogP contribution in [0, 0.1) is 22.7 Å². The van der Waals surface area contributed by atoms with Crippen LogP contribution in [-0.4, -0.2) is 23.2 Å². The first-order valence-electron chi connectivity index (χ1n) is 5.74. The zero-order valence-corrected chi connectivity index (χ0v) is 10.4. The predicted molar refractivity (Wildman–Crippen MR) is 63.0 cm³/mol. The molecule has 0 aliphatic rings. The Balaban J connectivity index is 3.11. The highest BCUT2D eigenvalue weighted by molar-refractivity contribution is 5.41. The molecule has 0 saturated carbocycles. The van der Waals surface area contributed by atoms with Crippen molar-refractivity contribution in [3.63, 3.8) is 0 Å². The molecule has 0 aromatic carbocycles. The van der Waals surface area contributed by atoms with Crippen molar-refractivity contribution < 1.29 is 9.47 Å². The van der Waals surface area contributed by atoms with Crippen molar-refractivity contribution in [3.05, 3.63) is 11.4 Å². The van der Waals surface area contributed by atoms with Gasteiger partial charge >= 0.3 is 0 Å². The van der Waals surface area contributed by atoms with E-state index in [1.54, 1.807) is 0 Å². The largest absolute Gasteiger partial charge is 0.474 e. The molecule has 1 heterocycles. The highest BCUT2D eigenvalue weighted by Gasteiger charge is 2.15. The Kier molecular flexibility index (Phi) is 5.40. The van der Waals surface area contributed by atoms with Gasteiger partial charge in [0.1, 0.15) is 12.1 Å². The average Bonchev–Trinajstić information content (AvgIpc) is 2.42. The van der Waals surface area contributed by atoms with Crippen LogP contribution < -0.4 is 9.47 Å². The molecule has 0 saturated heterocycles. The van der Waals surface area contributed by atoms with Gasteiger partial charge in [-0.2, -0.15) is 20.5 Å². The number of aromatic nitrogens is 2. The molecular formula is C12H14N4O2. The first-order valence-corrected chi connectivity index (χ1v) is 5.74. The minimum atomic E-state index is -0.0487. The summed E-state index contributed by atoms with van der Waals surface area (Å²) in [6.07, 6.45) is 1.60. The van der Waals surface area contributed by atoms with Gasteiger partial charge in [0.05, 0.1) is 13.2 Å². The molecule has 1 aromatic rings. The van der Waals surface area contributed by atoms with Gasteiger partial charge in [-0.15, -0.1) is 0 Å². The first kappa shape index (κ1) is 13.7. The Labute approximate surface area is 106 Å². The van der Waals surface area contributed by atoms with Crippen LogP contribution in [0.25, 0.3) is 0 Å². The van der Waals surface area contributed by atoms with Gasteiger partial charge in [0.15, 0.2) is 11.4 Å². The van der Waals surface area contributed by atoms with E-state index in [1.807, 2.05) is 26.0 Å². The molecule has 0 N–H and O–H groups in total. The van der Waals surface area contributed by atoms with Crippen LogP contribution in [0.2, 0.25) is 0 Å². The van der Waals surface area contributed by atoms with Crippen molar-refractivity contribution in [2.45, 2.75) is 26.7 Å². The predicted octanol–water partition coefficient (Wildman–Crippen LogP) is 1.80. The Morgan fingerprint density at radius 1 is 0.889 bits per heavy atom. The van der Waals surface area contributed by atoms with Crippen molar-refractivity contribution in [1.29, 1.82) is 10.5 Å². The minimum Gasteiger partial charge on any atom is -0.474 e. The van der Waals surface area contributed by atoms with Gasteiger partial charge in [0, 0.05) is 0 Å². The van der Waals surface area contributed by atoms with E-state index in [1.165, 1.54) is 0 Å². The lowest BCUT2D eigenvalue weighted by Gasteiger charge is -2.10. The molecule has 1 rings (SSSR count). The maximum atomic E-state index is 8.87. The monoisotopic (exact) mass is 246 g/mol. The number of hydrogen-bond acceptors (Lipinski definition) is 6. The van der Waals surface area contributed by atoms with E-state index in [-0.39, 0.29) is 23.1 Å². The molecule has 0 fully saturated rings. The molecule has 0 atom stereocenters. The summed E-state index contributed by atoms with van der Waals surface area (Å²) in [7, 11) is 0. The molecule has 0 unspecified atom stereocenters. The second-order valence-corrected chi connectivity index (χ2v) is 3.45. The summed E-state index contributed by atoms with van der Waals surface area (Å²) in [6, 6.07) is 3.63. The summed E-state index contributed by atoms with van der Waals surface area (Å²) < 4.78 is 10.7. The molecule has 0 amide bonds. The van der Waals surface area contributed by atoms with Crippen LogP contribution in [0.15, 0.2) is 0 Å². The van der Waals surface area contributed by atoms with Gasteiger partial charge in [0.2, 0.25) is 0 Å². The average molecular weight is 246 g/mol. The quantitative estimate of drug-likeness (QED) is 0.759. The van der Waals surface area contributed by atoms with Crippen LogP contribution in [-0.2, 0) is 0 Å². The summed E-state index contributed by atoms with van der Waals surface area (Å²) in [5.74, 6) is 0.335. The fourth-order valence-corrected chi connectivity index (χ4v) is 1.15. The van der Waals surface area contributed by atoms with Gasteiger partial charge in [-0.1, -0.05) is 13.8 Å². The van der Waals surface area contributed by atoms with Gasteiger partial charge in [-0.25, -0.2) is 0 Å². The third-order valence-electron chi connectivity index (χ3n) is 1.93. The number of rotatable bonds is 6. The molecule has 18 heavy (non-hydrogen) atoms. The topological polar surface area (TPSA) is 91.8 Å². The SMILES string of the molecule is CCCOc1nc(C#N)c(C#N)nc1OCCC. The first-order chi connectivity index (χ1) is 8.76. The van der Waals surface area contributed by atoms with E-state index in [0.29, 0.717) is 13.2 Å². The molecule has 0 bridgehead atoms. The van der Waals surface area contributed by atoms with Crippen LogP contribution in [0.5, 0.6) is 11.8 Å². The normalized spacial score (nSPS) is 9.33. The second kappa shape index (κ2) is 7.08. The van der Waals surface area contributed by atoms with E-state index >= 15 is 0 Å². The standard InChI is InChI=1S/C12H14N4O2/c1-3-5-17-11-12(18-6-4-2)16-10(8-14)9(7-13)15-11/h3-6H2,1-2H3. The second-order valence-electron chi connectivity index (χ2n) is 3.45. The molecular weight excluding hydrogens is 232 g/mol. The number of ether oxygens (including phenoxy) is 2. The fraction of sp³-hybridized carbons (Fsp3) is 0.500. The lowest BCUT2D eigenvalue weighted by atomic mass is 10.3. The number of nitrogens with zero attached hydrogens (tertiary/aromatic N) is 4. The molecule has 0 aliphatic carbocycles. The van der Waals surface area contributed by atoms with Crippen molar-refractivity contribution in [1.82, 2.24) is 9.97 Å². The maximum Gasteiger partial charge on any atom is 0.279 e. The highest BCUT2D eigenvalue weighted by Crippen LogP contribution is 2.24. The summed E-state index contributed by atoms with van der Waals surface area (Å²) in [5, 5.41) is 17.7. The van der Waals surface area contributed by atoms with Crippen LogP contribution in [0.1, 0.15) is 38.1 Å². The van der Waals surface area contributed by atoms with Crippen LogP contribution in [0.4, 0.5) is 0 Å². The van der Waals surface area contributed by atoms with E-state index in [2.05, 4.69) is 9.97 Å². The smallest absolute Gasteiger partial charge is 0.279 e. The third kappa shape index (κ3) is 3.33. The number of hydrogen-bond donors (Lipinski definition) is 0. The van der Waals surface area contributed by atoms with Gasteiger partial charge in [-0.3, -0.25) is 0 Å². The summed E-state index contributed by atoms with van der Waals surface area (Å²) in [6.45, 7) is 4.81. The summed E-state index contributed by atoms with van der Waals surface area (Å²) >= 11 is 0. The van der Waals surface area contributed by atoms with Crippen LogP contribution >= 0.6 is 0 Å². The van der Waals surface area contributed by atoms with Gasteiger partial charge < -0.3 is 9.47 Å². The lowest BCUT2D eigenvalue weighted by Crippen LogP contribution is -2.07. The van der Waals surface area contributed by atoms with Gasteiger partial charge in [0.25, 0.3) is 11.8 Å². The Morgan fingerprint density at radius 3 is 1.56 bits per heavy atom. The Morgan fingerprint density at radius 2 is 1.28 bits per heavy atom. The molecule has 1 aromatic heterocycles. The molecule has 0 aliphatic heterocycles. The molecule has 6 heteroatoms. The summed E-state index contributed by atoms with van der Waals surface area (Å²) in [4.78, 5) is 7.92. The van der Waals surface area contributed by atoms with Crippen LogP contribution in [0.3, 0.4) is 0 Å². The lowest BCUT2D eigenvalue weighted by molar-refractivity contribution is 0.250. The third-order valence-corrected chi connectivity index (χ3v) is 1.93. The minimum absolute atomic E-state index is 0.0487. The van der Waals surface area contributed by atoms with Crippen molar-refractivity contribution in [2.75, 3.05) is 13.2 Å². The van der Waals surface area contributed by atoms with Crippen molar-refractivity contribution in [2.24, 2.45) is 0 Å².